The molecular formula is C11H10FN5. The van der Waals surface area contributed by atoms with Crippen molar-refractivity contribution in [2.24, 2.45) is 0 Å². The topological polar surface area (TPSA) is 60.0 Å². The molecule has 2 N–H and O–H groups in total. The van der Waals surface area contributed by atoms with Gasteiger partial charge in [-0.1, -0.05) is 0 Å². The van der Waals surface area contributed by atoms with Crippen molar-refractivity contribution in [3.63, 3.8) is 0 Å². The third kappa shape index (κ3) is 1.73. The van der Waals surface area contributed by atoms with E-state index in [-0.39, 0.29) is 11.8 Å². The molecule has 0 radical (unpaired) electrons. The molecule has 0 atom stereocenters. The van der Waals surface area contributed by atoms with Gasteiger partial charge in [0.2, 0.25) is 5.95 Å². The Morgan fingerprint density at radius 1 is 1.18 bits per heavy atom. The molecule has 3 rings (SSSR count). The van der Waals surface area contributed by atoms with E-state index in [1.54, 1.807) is 23.0 Å². The number of fused-ring (bicyclic) bond motifs is 1. The zero-order valence-corrected chi connectivity index (χ0v) is 8.92. The molecule has 6 heteroatoms. The predicted molar refractivity (Wildman–Crippen MR) is 62.3 cm³/mol. The van der Waals surface area contributed by atoms with Crippen LogP contribution in [0.5, 0.6) is 0 Å². The second-order valence-corrected chi connectivity index (χ2v) is 3.73. The average molecular weight is 231 g/mol. The largest absolute Gasteiger partial charge is 0.366 e. The molecule has 5 nitrogen and oxygen atoms in total. The molecule has 86 valence electrons. The molecule has 0 aliphatic carbocycles. The van der Waals surface area contributed by atoms with E-state index in [9.17, 15) is 4.39 Å². The maximum absolute atomic E-state index is 12.8. The van der Waals surface area contributed by atoms with Crippen molar-refractivity contribution in [3.05, 3.63) is 42.1 Å². The van der Waals surface area contributed by atoms with Gasteiger partial charge in [0.05, 0.1) is 6.54 Å². The number of nitrogens with zero attached hydrogens (tertiary/aromatic N) is 4. The van der Waals surface area contributed by atoms with Crippen LogP contribution in [0.15, 0.2) is 30.5 Å². The lowest BCUT2D eigenvalue weighted by molar-refractivity contribution is 0.627. The molecule has 1 aliphatic rings. The highest BCUT2D eigenvalue weighted by molar-refractivity contribution is 5.53. The molecule has 0 saturated carbocycles. The van der Waals surface area contributed by atoms with Crippen LogP contribution in [0.25, 0.3) is 6.20 Å². The number of aromatic nitrogens is 3. The summed E-state index contributed by atoms with van der Waals surface area (Å²) >= 11 is 0. The molecule has 0 spiro atoms. The number of nitrogen functional groups attached to an aromatic ring is 1. The van der Waals surface area contributed by atoms with Gasteiger partial charge in [0, 0.05) is 18.1 Å². The molecule has 0 saturated heterocycles. The van der Waals surface area contributed by atoms with Crippen LogP contribution < -0.4 is 10.6 Å². The van der Waals surface area contributed by atoms with E-state index in [4.69, 9.17) is 5.73 Å². The van der Waals surface area contributed by atoms with E-state index < -0.39 is 0 Å². The van der Waals surface area contributed by atoms with Gasteiger partial charge >= 0.3 is 0 Å². The highest BCUT2D eigenvalue weighted by Gasteiger charge is 2.15. The zero-order chi connectivity index (χ0) is 11.8. The van der Waals surface area contributed by atoms with E-state index >= 15 is 0 Å². The van der Waals surface area contributed by atoms with Crippen LogP contribution in [-0.2, 0) is 6.54 Å². The molecule has 0 amide bonds. The first-order chi connectivity index (χ1) is 8.22. The summed E-state index contributed by atoms with van der Waals surface area (Å²) in [5.74, 6) is 0.766. The second kappa shape index (κ2) is 3.58. The van der Waals surface area contributed by atoms with Crippen molar-refractivity contribution in [3.8, 4) is 0 Å². The SMILES string of the molecule is Nc1nc2n(n1)C=CN(c1ccc(F)cc1)C2. The molecule has 2 aromatic rings. The van der Waals surface area contributed by atoms with Crippen molar-refractivity contribution in [2.75, 3.05) is 10.6 Å². The quantitative estimate of drug-likeness (QED) is 0.807. The van der Waals surface area contributed by atoms with Crippen LogP contribution in [-0.4, -0.2) is 14.8 Å². The number of anilines is 2. The van der Waals surface area contributed by atoms with Crippen LogP contribution in [0.4, 0.5) is 16.0 Å². The maximum Gasteiger partial charge on any atom is 0.240 e. The average Bonchev–Trinajstić information content (AvgIpc) is 2.69. The monoisotopic (exact) mass is 231 g/mol. The minimum Gasteiger partial charge on any atom is -0.366 e. The summed E-state index contributed by atoms with van der Waals surface area (Å²) < 4.78 is 14.5. The van der Waals surface area contributed by atoms with Crippen molar-refractivity contribution in [2.45, 2.75) is 6.54 Å². The molecule has 0 unspecified atom stereocenters. The molecule has 0 fully saturated rings. The Bertz CT molecular complexity index is 572. The number of hydrogen-bond donors (Lipinski definition) is 1. The fourth-order valence-corrected chi connectivity index (χ4v) is 1.76. The summed E-state index contributed by atoms with van der Waals surface area (Å²) in [6, 6.07) is 6.29. The van der Waals surface area contributed by atoms with Gasteiger partial charge in [0.15, 0.2) is 5.82 Å². The Labute approximate surface area is 97.0 Å². The number of nitrogens with two attached hydrogens (primary N) is 1. The van der Waals surface area contributed by atoms with Crippen molar-refractivity contribution < 1.29 is 4.39 Å². The Hall–Kier alpha value is -2.37. The summed E-state index contributed by atoms with van der Waals surface area (Å²) in [7, 11) is 0. The fourth-order valence-electron chi connectivity index (χ4n) is 1.76. The number of rotatable bonds is 1. The molecule has 1 aromatic heterocycles. The van der Waals surface area contributed by atoms with Crippen molar-refractivity contribution in [1.29, 1.82) is 0 Å². The molecular weight excluding hydrogens is 221 g/mol. The first-order valence-corrected chi connectivity index (χ1v) is 5.14. The highest BCUT2D eigenvalue weighted by atomic mass is 19.1. The van der Waals surface area contributed by atoms with Crippen LogP contribution in [0.2, 0.25) is 0 Å². The lowest BCUT2D eigenvalue weighted by Crippen LogP contribution is -2.22. The van der Waals surface area contributed by atoms with Gasteiger partial charge in [0.1, 0.15) is 5.82 Å². The summed E-state index contributed by atoms with van der Waals surface area (Å²) in [4.78, 5) is 6.05. The lowest BCUT2D eigenvalue weighted by Gasteiger charge is -2.22. The first kappa shape index (κ1) is 9.83. The van der Waals surface area contributed by atoms with Crippen LogP contribution >= 0.6 is 0 Å². The first-order valence-electron chi connectivity index (χ1n) is 5.14. The Balaban J connectivity index is 1.91. The number of benzene rings is 1. The van der Waals surface area contributed by atoms with Gasteiger partial charge in [-0.05, 0) is 24.3 Å². The predicted octanol–water partition coefficient (Wildman–Crippen LogP) is 1.45. The molecule has 0 bridgehead atoms. The second-order valence-electron chi connectivity index (χ2n) is 3.73. The van der Waals surface area contributed by atoms with Crippen LogP contribution in [0.1, 0.15) is 5.82 Å². The summed E-state index contributed by atoms with van der Waals surface area (Å²) in [5.41, 5.74) is 6.42. The van der Waals surface area contributed by atoms with Gasteiger partial charge in [-0.15, -0.1) is 5.10 Å². The minimum absolute atomic E-state index is 0.248. The van der Waals surface area contributed by atoms with E-state index in [1.165, 1.54) is 12.1 Å². The fraction of sp³-hybridized carbons (Fsp3) is 0.0909. The van der Waals surface area contributed by atoms with E-state index in [0.29, 0.717) is 6.54 Å². The van der Waals surface area contributed by atoms with E-state index in [2.05, 4.69) is 10.1 Å². The van der Waals surface area contributed by atoms with Crippen molar-refractivity contribution in [1.82, 2.24) is 14.8 Å². The van der Waals surface area contributed by atoms with Gasteiger partial charge in [0.25, 0.3) is 0 Å². The summed E-state index contributed by atoms with van der Waals surface area (Å²) in [6.07, 6.45) is 3.62. The Morgan fingerprint density at radius 2 is 1.94 bits per heavy atom. The Kier molecular flexibility index (Phi) is 2.07. The zero-order valence-electron chi connectivity index (χ0n) is 8.92. The minimum atomic E-state index is -0.248. The molecule has 1 aromatic carbocycles. The highest BCUT2D eigenvalue weighted by Crippen LogP contribution is 2.21. The molecule has 1 aliphatic heterocycles. The third-order valence-electron chi connectivity index (χ3n) is 2.58. The molecule has 17 heavy (non-hydrogen) atoms. The van der Waals surface area contributed by atoms with Gasteiger partial charge < -0.3 is 10.6 Å². The third-order valence-corrected chi connectivity index (χ3v) is 2.58. The summed E-state index contributed by atoms with van der Waals surface area (Å²) in [5, 5.41) is 4.00. The van der Waals surface area contributed by atoms with Gasteiger partial charge in [-0.2, -0.15) is 4.98 Å². The maximum atomic E-state index is 12.8. The smallest absolute Gasteiger partial charge is 0.240 e. The lowest BCUT2D eigenvalue weighted by atomic mass is 10.2. The van der Waals surface area contributed by atoms with Gasteiger partial charge in [-0.3, -0.25) is 0 Å². The van der Waals surface area contributed by atoms with E-state index in [1.807, 2.05) is 11.1 Å². The normalized spacial score (nSPS) is 13.8. The van der Waals surface area contributed by atoms with Crippen LogP contribution in [0.3, 0.4) is 0 Å². The summed E-state index contributed by atoms with van der Waals surface area (Å²) in [6.45, 7) is 0.562. The van der Waals surface area contributed by atoms with Gasteiger partial charge in [-0.25, -0.2) is 9.07 Å². The van der Waals surface area contributed by atoms with Crippen LogP contribution in [0, 0.1) is 5.82 Å². The number of hydrogen-bond acceptors (Lipinski definition) is 4. The number of halogens is 1. The molecule has 2 heterocycles. The van der Waals surface area contributed by atoms with E-state index in [0.717, 1.165) is 11.5 Å². The Morgan fingerprint density at radius 3 is 2.71 bits per heavy atom. The standard InChI is InChI=1S/C11H10FN5/c12-8-1-3-9(4-2-8)16-5-6-17-10(7-16)14-11(13)15-17/h1-6H,7H2,(H2,13,15). The van der Waals surface area contributed by atoms with Crippen molar-refractivity contribution >= 4 is 17.8 Å².